The minimum atomic E-state index is 0.257. The molecular formula is C20H24N6. The molecule has 26 heavy (non-hydrogen) atoms. The molecule has 0 bridgehead atoms. The lowest BCUT2D eigenvalue weighted by atomic mass is 10.1. The quantitative estimate of drug-likeness (QED) is 0.708. The van der Waals surface area contributed by atoms with E-state index in [1.807, 2.05) is 0 Å². The molecule has 2 aromatic heterocycles. The van der Waals surface area contributed by atoms with E-state index in [1.54, 1.807) is 6.33 Å². The molecule has 2 aliphatic rings. The number of fused-ring (bicyclic) bond motifs is 2. The van der Waals surface area contributed by atoms with Crippen molar-refractivity contribution < 1.29 is 0 Å². The van der Waals surface area contributed by atoms with Gasteiger partial charge in [0, 0.05) is 24.9 Å². The van der Waals surface area contributed by atoms with Gasteiger partial charge in [-0.3, -0.25) is 0 Å². The Labute approximate surface area is 153 Å². The van der Waals surface area contributed by atoms with E-state index in [-0.39, 0.29) is 6.04 Å². The maximum Gasteiger partial charge on any atom is 0.155 e. The van der Waals surface area contributed by atoms with E-state index >= 15 is 0 Å². The Morgan fingerprint density at radius 2 is 1.96 bits per heavy atom. The lowest BCUT2D eigenvalue weighted by molar-refractivity contribution is 0.558. The second-order valence-electron chi connectivity index (χ2n) is 7.45. The molecule has 0 N–H and O–H groups in total. The normalized spacial score (nSPS) is 20.3. The Hall–Kier alpha value is -2.50. The molecule has 4 heterocycles. The summed E-state index contributed by atoms with van der Waals surface area (Å²) in [4.78, 5) is 11.6. The van der Waals surface area contributed by atoms with Crippen LogP contribution in [0.15, 0.2) is 24.5 Å². The Balaban J connectivity index is 1.60. The van der Waals surface area contributed by atoms with Crippen LogP contribution in [0.4, 0.5) is 5.82 Å². The lowest BCUT2D eigenvalue weighted by Crippen LogP contribution is -2.27. The van der Waals surface area contributed by atoms with Gasteiger partial charge in [-0.25, -0.2) is 9.97 Å². The molecule has 0 radical (unpaired) electrons. The molecule has 3 aromatic rings. The van der Waals surface area contributed by atoms with Crippen molar-refractivity contribution in [3.8, 4) is 0 Å². The summed E-state index contributed by atoms with van der Waals surface area (Å²) in [6, 6.07) is 6.53. The maximum absolute atomic E-state index is 4.70. The van der Waals surface area contributed by atoms with Gasteiger partial charge < -0.3 is 9.47 Å². The van der Waals surface area contributed by atoms with Crippen LogP contribution in [0.25, 0.3) is 10.9 Å². The fraction of sp³-hybridized carbons (Fsp3) is 0.500. The zero-order chi connectivity index (χ0) is 17.5. The second-order valence-corrected chi connectivity index (χ2v) is 7.45. The number of anilines is 1. The summed E-state index contributed by atoms with van der Waals surface area (Å²) < 4.78 is 2.38. The summed E-state index contributed by atoms with van der Waals surface area (Å²) in [6.07, 6.45) is 8.74. The molecule has 2 aliphatic heterocycles. The van der Waals surface area contributed by atoms with E-state index in [9.17, 15) is 0 Å². The molecule has 5 rings (SSSR count). The van der Waals surface area contributed by atoms with Gasteiger partial charge in [-0.05, 0) is 44.2 Å². The zero-order valence-corrected chi connectivity index (χ0v) is 15.2. The summed E-state index contributed by atoms with van der Waals surface area (Å²) in [5, 5.41) is 10.3. The molecule has 0 aliphatic carbocycles. The van der Waals surface area contributed by atoms with Crippen molar-refractivity contribution in [3.05, 3.63) is 41.7 Å². The van der Waals surface area contributed by atoms with Crippen LogP contribution in [0.2, 0.25) is 0 Å². The van der Waals surface area contributed by atoms with Crippen molar-refractivity contribution in [3.63, 3.8) is 0 Å². The molecular weight excluding hydrogens is 324 g/mol. The number of aryl methyl sites for hydroxylation is 2. The summed E-state index contributed by atoms with van der Waals surface area (Å²) in [5.41, 5.74) is 2.24. The van der Waals surface area contributed by atoms with Crippen molar-refractivity contribution in [1.82, 2.24) is 24.7 Å². The fourth-order valence-corrected chi connectivity index (χ4v) is 4.52. The first-order chi connectivity index (χ1) is 12.8. The summed E-state index contributed by atoms with van der Waals surface area (Å²) >= 11 is 0. The van der Waals surface area contributed by atoms with Crippen molar-refractivity contribution in [2.45, 2.75) is 58.0 Å². The first-order valence-corrected chi connectivity index (χ1v) is 9.72. The van der Waals surface area contributed by atoms with Crippen LogP contribution in [0.5, 0.6) is 0 Å². The van der Waals surface area contributed by atoms with Gasteiger partial charge >= 0.3 is 0 Å². The standard InChI is InChI=1S/C20H24N6/c1-14-7-5-8-15-18(14)20(22-13-21-15)25-12-6-9-16(25)19-24-23-17-10-3-2-4-11-26(17)19/h5,7-8,13,16H,2-4,6,9-12H2,1H3/t16-/m1/s1. The van der Waals surface area contributed by atoms with E-state index in [4.69, 9.17) is 4.98 Å². The highest BCUT2D eigenvalue weighted by atomic mass is 15.3. The van der Waals surface area contributed by atoms with Gasteiger partial charge in [0.25, 0.3) is 0 Å². The number of nitrogens with zero attached hydrogens (tertiary/aromatic N) is 6. The van der Waals surface area contributed by atoms with Crippen molar-refractivity contribution in [1.29, 1.82) is 0 Å². The topological polar surface area (TPSA) is 59.7 Å². The Morgan fingerprint density at radius 1 is 1.00 bits per heavy atom. The summed E-state index contributed by atoms with van der Waals surface area (Å²) in [6.45, 7) is 4.20. The monoisotopic (exact) mass is 348 g/mol. The van der Waals surface area contributed by atoms with Gasteiger partial charge in [0.1, 0.15) is 18.0 Å². The summed E-state index contributed by atoms with van der Waals surface area (Å²) in [7, 11) is 0. The average Bonchev–Trinajstić information content (AvgIpc) is 3.22. The van der Waals surface area contributed by atoms with Crippen LogP contribution < -0.4 is 4.90 Å². The van der Waals surface area contributed by atoms with Gasteiger partial charge in [0.05, 0.1) is 11.6 Å². The van der Waals surface area contributed by atoms with E-state index in [2.05, 4.69) is 49.8 Å². The number of aromatic nitrogens is 5. The Morgan fingerprint density at radius 3 is 2.92 bits per heavy atom. The predicted octanol–water partition coefficient (Wildman–Crippen LogP) is 3.60. The van der Waals surface area contributed by atoms with Crippen LogP contribution in [0.3, 0.4) is 0 Å². The van der Waals surface area contributed by atoms with Crippen LogP contribution in [-0.4, -0.2) is 31.3 Å². The number of rotatable bonds is 2. The van der Waals surface area contributed by atoms with E-state index in [0.29, 0.717) is 0 Å². The van der Waals surface area contributed by atoms with Crippen LogP contribution in [0, 0.1) is 6.92 Å². The molecule has 1 aromatic carbocycles. The van der Waals surface area contributed by atoms with Gasteiger partial charge in [0.15, 0.2) is 5.82 Å². The van der Waals surface area contributed by atoms with Crippen molar-refractivity contribution in [2.24, 2.45) is 0 Å². The van der Waals surface area contributed by atoms with E-state index in [0.717, 1.165) is 60.7 Å². The molecule has 0 unspecified atom stereocenters. The maximum atomic E-state index is 4.70. The minimum Gasteiger partial charge on any atom is -0.346 e. The number of hydrogen-bond donors (Lipinski definition) is 0. The third kappa shape index (κ3) is 2.47. The first-order valence-electron chi connectivity index (χ1n) is 9.72. The number of hydrogen-bond acceptors (Lipinski definition) is 5. The highest BCUT2D eigenvalue weighted by Crippen LogP contribution is 2.38. The average molecular weight is 348 g/mol. The second kappa shape index (κ2) is 6.34. The molecule has 1 fully saturated rings. The van der Waals surface area contributed by atoms with Gasteiger partial charge in [-0.15, -0.1) is 10.2 Å². The van der Waals surface area contributed by atoms with Crippen LogP contribution in [-0.2, 0) is 13.0 Å². The predicted molar refractivity (Wildman–Crippen MR) is 101 cm³/mol. The molecule has 134 valence electrons. The van der Waals surface area contributed by atoms with Gasteiger partial charge in [0.2, 0.25) is 0 Å². The zero-order valence-electron chi connectivity index (χ0n) is 15.2. The highest BCUT2D eigenvalue weighted by Gasteiger charge is 2.33. The summed E-state index contributed by atoms with van der Waals surface area (Å²) in [5.74, 6) is 3.33. The molecule has 0 saturated carbocycles. The van der Waals surface area contributed by atoms with Crippen LogP contribution in [0.1, 0.15) is 55.4 Å². The minimum absolute atomic E-state index is 0.257. The van der Waals surface area contributed by atoms with Crippen LogP contribution >= 0.6 is 0 Å². The third-order valence-electron chi connectivity index (χ3n) is 5.81. The van der Waals surface area contributed by atoms with Gasteiger partial charge in [-0.1, -0.05) is 18.6 Å². The Kier molecular flexibility index (Phi) is 3.84. The Bertz CT molecular complexity index is 941. The smallest absolute Gasteiger partial charge is 0.155 e. The molecule has 0 spiro atoms. The van der Waals surface area contributed by atoms with Crippen molar-refractivity contribution >= 4 is 16.7 Å². The molecule has 1 atom stereocenters. The third-order valence-corrected chi connectivity index (χ3v) is 5.81. The largest absolute Gasteiger partial charge is 0.346 e. The highest BCUT2D eigenvalue weighted by molar-refractivity contribution is 5.92. The molecule has 6 nitrogen and oxygen atoms in total. The molecule has 1 saturated heterocycles. The number of benzene rings is 1. The molecule has 6 heteroatoms. The van der Waals surface area contributed by atoms with Gasteiger partial charge in [-0.2, -0.15) is 0 Å². The SMILES string of the molecule is Cc1cccc2ncnc(N3CCC[C@@H]3c3nnc4n3CCCCC4)c12. The molecule has 0 amide bonds. The first kappa shape index (κ1) is 15.7. The lowest BCUT2D eigenvalue weighted by Gasteiger charge is -2.27. The van der Waals surface area contributed by atoms with E-state index < -0.39 is 0 Å². The van der Waals surface area contributed by atoms with Crippen molar-refractivity contribution in [2.75, 3.05) is 11.4 Å². The fourth-order valence-electron chi connectivity index (χ4n) is 4.52. The van der Waals surface area contributed by atoms with E-state index in [1.165, 1.54) is 24.8 Å².